The van der Waals surface area contributed by atoms with Gasteiger partial charge in [-0.2, -0.15) is 5.10 Å². The zero-order valence-electron chi connectivity index (χ0n) is 15.3. The number of methoxy groups -OCH3 is 1. The first kappa shape index (κ1) is 20.4. The molecule has 3 aromatic carbocycles. The molecule has 0 aromatic heterocycles. The SMILES string of the molecule is COc1ccc2ccccc2c1/C=N\NC(=O)COc1c(Br)cc(C)cc1Br. The van der Waals surface area contributed by atoms with Gasteiger partial charge in [0.1, 0.15) is 11.5 Å². The van der Waals surface area contributed by atoms with Gasteiger partial charge in [0.25, 0.3) is 5.91 Å². The molecule has 5 nitrogen and oxygen atoms in total. The van der Waals surface area contributed by atoms with E-state index in [1.165, 1.54) is 0 Å². The van der Waals surface area contributed by atoms with Gasteiger partial charge in [0.05, 0.1) is 22.3 Å². The average Bonchev–Trinajstić information content (AvgIpc) is 2.67. The van der Waals surface area contributed by atoms with Gasteiger partial charge < -0.3 is 9.47 Å². The van der Waals surface area contributed by atoms with Crippen molar-refractivity contribution in [3.05, 3.63) is 68.6 Å². The standard InChI is InChI=1S/C21H18Br2N2O3/c1-13-9-17(22)21(18(23)10-13)28-12-20(26)25-24-11-16-15-6-4-3-5-14(15)7-8-19(16)27-2/h3-11H,12H2,1-2H3,(H,25,26)/b24-11-. The van der Waals surface area contributed by atoms with Gasteiger partial charge >= 0.3 is 0 Å². The number of nitrogens with one attached hydrogen (secondary N) is 1. The molecule has 1 N–H and O–H groups in total. The predicted molar refractivity (Wildman–Crippen MR) is 118 cm³/mol. The molecule has 0 saturated carbocycles. The van der Waals surface area contributed by atoms with E-state index in [1.807, 2.05) is 55.5 Å². The lowest BCUT2D eigenvalue weighted by molar-refractivity contribution is -0.123. The summed E-state index contributed by atoms with van der Waals surface area (Å²) < 4.78 is 12.6. The summed E-state index contributed by atoms with van der Waals surface area (Å²) in [5, 5.41) is 6.12. The molecule has 0 aliphatic heterocycles. The van der Waals surface area contributed by atoms with Crippen LogP contribution in [0.25, 0.3) is 10.8 Å². The third kappa shape index (κ3) is 4.72. The molecule has 0 saturated heterocycles. The van der Waals surface area contributed by atoms with Crippen LogP contribution in [-0.2, 0) is 4.79 Å². The van der Waals surface area contributed by atoms with E-state index < -0.39 is 0 Å². The van der Waals surface area contributed by atoms with Crippen molar-refractivity contribution in [2.75, 3.05) is 13.7 Å². The van der Waals surface area contributed by atoms with Crippen LogP contribution in [0.2, 0.25) is 0 Å². The highest BCUT2D eigenvalue weighted by molar-refractivity contribution is 9.11. The third-order valence-corrected chi connectivity index (χ3v) is 5.20. The number of nitrogens with zero attached hydrogens (tertiary/aromatic N) is 1. The number of hydrazone groups is 1. The number of halogens is 2. The van der Waals surface area contributed by atoms with E-state index in [0.29, 0.717) is 11.5 Å². The highest BCUT2D eigenvalue weighted by atomic mass is 79.9. The Morgan fingerprint density at radius 3 is 2.57 bits per heavy atom. The molecule has 28 heavy (non-hydrogen) atoms. The zero-order valence-corrected chi connectivity index (χ0v) is 18.5. The van der Waals surface area contributed by atoms with Crippen molar-refractivity contribution < 1.29 is 14.3 Å². The number of carbonyl (C=O) groups excluding carboxylic acids is 1. The fourth-order valence-corrected chi connectivity index (χ4v) is 4.39. The van der Waals surface area contributed by atoms with Gasteiger partial charge in [0.2, 0.25) is 0 Å². The fraction of sp³-hybridized carbons (Fsp3) is 0.143. The molecule has 0 aliphatic rings. The van der Waals surface area contributed by atoms with Crippen molar-refractivity contribution in [1.29, 1.82) is 0 Å². The van der Waals surface area contributed by atoms with Crippen LogP contribution in [0.5, 0.6) is 11.5 Å². The molecular formula is C21H18Br2N2O3. The number of amides is 1. The Hall–Kier alpha value is -2.38. The quantitative estimate of drug-likeness (QED) is 0.369. The number of fused-ring (bicyclic) bond motifs is 1. The number of hydrogen-bond acceptors (Lipinski definition) is 4. The Morgan fingerprint density at radius 1 is 1.14 bits per heavy atom. The molecule has 0 heterocycles. The molecule has 0 bridgehead atoms. The third-order valence-electron chi connectivity index (χ3n) is 4.02. The normalized spacial score (nSPS) is 11.0. The monoisotopic (exact) mass is 504 g/mol. The van der Waals surface area contributed by atoms with Gasteiger partial charge in [0.15, 0.2) is 6.61 Å². The molecule has 0 radical (unpaired) electrons. The van der Waals surface area contributed by atoms with Gasteiger partial charge in [-0.25, -0.2) is 5.43 Å². The maximum absolute atomic E-state index is 12.1. The second kappa shape index (κ2) is 9.21. The first-order chi connectivity index (χ1) is 13.5. The van der Waals surface area contributed by atoms with Gasteiger partial charge in [-0.1, -0.05) is 30.3 Å². The summed E-state index contributed by atoms with van der Waals surface area (Å²) in [4.78, 5) is 12.1. The Labute approximate surface area is 180 Å². The van der Waals surface area contributed by atoms with Crippen LogP contribution in [0.15, 0.2) is 62.6 Å². The molecular weight excluding hydrogens is 488 g/mol. The van der Waals surface area contributed by atoms with Crippen molar-refractivity contribution in [3.8, 4) is 11.5 Å². The molecule has 0 fully saturated rings. The molecule has 7 heteroatoms. The Bertz CT molecular complexity index is 1030. The second-order valence-electron chi connectivity index (χ2n) is 6.04. The number of ether oxygens (including phenoxy) is 2. The van der Waals surface area contributed by atoms with Crippen molar-refractivity contribution in [2.24, 2.45) is 5.10 Å². The highest BCUT2D eigenvalue weighted by Crippen LogP contribution is 2.34. The summed E-state index contributed by atoms with van der Waals surface area (Å²) in [6, 6.07) is 15.6. The van der Waals surface area contributed by atoms with Crippen LogP contribution in [0.3, 0.4) is 0 Å². The summed E-state index contributed by atoms with van der Waals surface area (Å²) in [6.45, 7) is 1.81. The maximum Gasteiger partial charge on any atom is 0.277 e. The van der Waals surface area contributed by atoms with Crippen LogP contribution in [-0.4, -0.2) is 25.8 Å². The summed E-state index contributed by atoms with van der Waals surface area (Å²) in [7, 11) is 1.60. The molecule has 0 aliphatic carbocycles. The number of hydrogen-bond donors (Lipinski definition) is 1. The summed E-state index contributed by atoms with van der Waals surface area (Å²) in [5.74, 6) is 0.885. The van der Waals surface area contributed by atoms with Crippen LogP contribution in [0, 0.1) is 6.92 Å². The van der Waals surface area contributed by atoms with E-state index in [1.54, 1.807) is 13.3 Å². The maximum atomic E-state index is 12.1. The van der Waals surface area contributed by atoms with Gasteiger partial charge in [-0.05, 0) is 73.3 Å². The van der Waals surface area contributed by atoms with E-state index in [9.17, 15) is 4.79 Å². The zero-order chi connectivity index (χ0) is 20.1. The smallest absolute Gasteiger partial charge is 0.277 e. The van der Waals surface area contributed by atoms with Gasteiger partial charge in [-0.3, -0.25) is 4.79 Å². The Morgan fingerprint density at radius 2 is 1.86 bits per heavy atom. The van der Waals surface area contributed by atoms with E-state index in [-0.39, 0.29) is 12.5 Å². The lowest BCUT2D eigenvalue weighted by atomic mass is 10.0. The lowest BCUT2D eigenvalue weighted by Crippen LogP contribution is -2.24. The molecule has 0 spiro atoms. The molecule has 3 aromatic rings. The minimum Gasteiger partial charge on any atom is -0.496 e. The summed E-state index contributed by atoms with van der Waals surface area (Å²) in [6.07, 6.45) is 1.58. The second-order valence-corrected chi connectivity index (χ2v) is 7.75. The largest absolute Gasteiger partial charge is 0.496 e. The van der Waals surface area contributed by atoms with Crippen molar-refractivity contribution in [3.63, 3.8) is 0 Å². The highest BCUT2D eigenvalue weighted by Gasteiger charge is 2.10. The first-order valence-corrected chi connectivity index (χ1v) is 10.0. The van der Waals surface area contributed by atoms with Crippen molar-refractivity contribution >= 4 is 54.8 Å². The van der Waals surface area contributed by atoms with Crippen molar-refractivity contribution in [1.82, 2.24) is 5.43 Å². The summed E-state index contributed by atoms with van der Waals surface area (Å²) >= 11 is 6.88. The first-order valence-electron chi connectivity index (χ1n) is 8.45. The van der Waals surface area contributed by atoms with Crippen LogP contribution < -0.4 is 14.9 Å². The number of benzene rings is 3. The van der Waals surface area contributed by atoms with E-state index in [2.05, 4.69) is 42.4 Å². The van der Waals surface area contributed by atoms with Crippen LogP contribution in [0.4, 0.5) is 0 Å². The van der Waals surface area contributed by atoms with E-state index in [0.717, 1.165) is 30.8 Å². The Balaban J connectivity index is 1.68. The summed E-state index contributed by atoms with van der Waals surface area (Å²) in [5.41, 5.74) is 4.36. The number of carbonyl (C=O) groups is 1. The average molecular weight is 506 g/mol. The topological polar surface area (TPSA) is 59.9 Å². The molecule has 144 valence electrons. The van der Waals surface area contributed by atoms with Gasteiger partial charge in [0, 0.05) is 5.56 Å². The molecule has 3 rings (SSSR count). The molecule has 0 unspecified atom stereocenters. The lowest BCUT2D eigenvalue weighted by Gasteiger charge is -2.10. The molecule has 1 amide bonds. The number of rotatable bonds is 6. The van der Waals surface area contributed by atoms with Gasteiger partial charge in [-0.15, -0.1) is 0 Å². The van der Waals surface area contributed by atoms with Crippen LogP contribution >= 0.6 is 31.9 Å². The minimum absolute atomic E-state index is 0.162. The van der Waals surface area contributed by atoms with E-state index >= 15 is 0 Å². The van der Waals surface area contributed by atoms with E-state index in [4.69, 9.17) is 9.47 Å². The predicted octanol–water partition coefficient (Wildman–Crippen LogP) is 5.21. The molecule has 0 atom stereocenters. The van der Waals surface area contributed by atoms with Crippen LogP contribution in [0.1, 0.15) is 11.1 Å². The van der Waals surface area contributed by atoms with Crippen molar-refractivity contribution in [2.45, 2.75) is 6.92 Å². The fourth-order valence-electron chi connectivity index (χ4n) is 2.75. The minimum atomic E-state index is -0.366. The Kier molecular flexibility index (Phi) is 6.70. The number of aryl methyl sites for hydroxylation is 1.